The van der Waals surface area contributed by atoms with E-state index in [1.54, 1.807) is 19.1 Å². The fraction of sp³-hybridized carbons (Fsp3) is 0.467. The predicted molar refractivity (Wildman–Crippen MR) is 90.6 cm³/mol. The first-order valence-electron chi connectivity index (χ1n) is 7.22. The molecule has 2 rings (SSSR count). The maximum Gasteiger partial charge on any atom is 0.342 e. The van der Waals surface area contributed by atoms with Crippen molar-refractivity contribution in [1.82, 2.24) is 8.96 Å². The summed E-state index contributed by atoms with van der Waals surface area (Å²) in [5, 5.41) is 0. The van der Waals surface area contributed by atoms with E-state index in [-0.39, 0.29) is 12.0 Å². The molecule has 0 aromatic carbocycles. The molecule has 1 aromatic rings. The van der Waals surface area contributed by atoms with E-state index in [4.69, 9.17) is 11.6 Å². The summed E-state index contributed by atoms with van der Waals surface area (Å²) in [7, 11) is -4.02. The molecule has 126 valence electrons. The quantitative estimate of drug-likeness (QED) is 0.811. The highest BCUT2D eigenvalue weighted by atomic mass is 35.5. The Bertz CT molecular complexity index is 879. The first kappa shape index (κ1) is 17.7. The molecular weight excluding hydrogens is 340 g/mol. The highest BCUT2D eigenvalue weighted by molar-refractivity contribution is 7.91. The molecule has 1 aliphatic carbocycles. The number of rotatable bonds is 5. The van der Waals surface area contributed by atoms with Crippen molar-refractivity contribution in [3.8, 4) is 0 Å². The van der Waals surface area contributed by atoms with E-state index in [2.05, 4.69) is 0 Å². The molecule has 1 unspecified atom stereocenters. The van der Waals surface area contributed by atoms with E-state index in [0.29, 0.717) is 16.3 Å². The molecule has 0 aliphatic heterocycles. The van der Waals surface area contributed by atoms with Crippen LogP contribution in [0.4, 0.5) is 0 Å². The molecule has 6 nitrogen and oxygen atoms in total. The van der Waals surface area contributed by atoms with Crippen LogP contribution >= 0.6 is 11.6 Å². The molecule has 1 heterocycles. The van der Waals surface area contributed by atoms with E-state index in [0.717, 1.165) is 18.2 Å². The third-order valence-electron chi connectivity index (χ3n) is 3.93. The Morgan fingerprint density at radius 1 is 1.39 bits per heavy atom. The van der Waals surface area contributed by atoms with Crippen molar-refractivity contribution < 1.29 is 8.42 Å². The summed E-state index contributed by atoms with van der Waals surface area (Å²) in [6.45, 7) is 3.02. The fourth-order valence-corrected chi connectivity index (χ4v) is 4.31. The van der Waals surface area contributed by atoms with Crippen molar-refractivity contribution >= 4 is 21.6 Å². The second-order valence-corrected chi connectivity index (χ2v) is 8.49. The molecule has 0 bridgehead atoms. The Kier molecular flexibility index (Phi) is 5.01. The number of H-pyrrole nitrogens is 1. The van der Waals surface area contributed by atoms with E-state index in [1.807, 2.05) is 11.1 Å². The summed E-state index contributed by atoms with van der Waals surface area (Å²) in [6, 6.07) is 0. The minimum Gasteiger partial charge on any atom is -0.273 e. The Morgan fingerprint density at radius 3 is 2.74 bits per heavy atom. The number of nitrogens with one attached hydrogen (secondary N) is 1. The Labute approximate surface area is 139 Å². The molecule has 0 radical (unpaired) electrons. The van der Waals surface area contributed by atoms with Crippen LogP contribution in [0, 0.1) is 6.92 Å². The zero-order valence-corrected chi connectivity index (χ0v) is 14.6. The molecule has 23 heavy (non-hydrogen) atoms. The van der Waals surface area contributed by atoms with Gasteiger partial charge in [0.05, 0.1) is 0 Å². The van der Waals surface area contributed by atoms with Crippen molar-refractivity contribution in [3.05, 3.63) is 56.4 Å². The van der Waals surface area contributed by atoms with Crippen LogP contribution in [0.5, 0.6) is 0 Å². The maximum absolute atomic E-state index is 12.9. The number of nitrogens with zero attached hydrogens (tertiary/aromatic N) is 1. The van der Waals surface area contributed by atoms with Gasteiger partial charge in [-0.25, -0.2) is 13.2 Å². The molecule has 0 amide bonds. The van der Waals surface area contributed by atoms with Gasteiger partial charge in [-0.05, 0) is 33.1 Å². The summed E-state index contributed by atoms with van der Waals surface area (Å²) in [5.41, 5.74) is -0.413. The average Bonchev–Trinajstić information content (AvgIpc) is 2.48. The van der Waals surface area contributed by atoms with Crippen molar-refractivity contribution in [3.63, 3.8) is 0 Å². The summed E-state index contributed by atoms with van der Waals surface area (Å²) in [6.07, 6.45) is 7.96. The Morgan fingerprint density at radius 2 is 2.09 bits per heavy atom. The van der Waals surface area contributed by atoms with Crippen LogP contribution < -0.4 is 11.2 Å². The largest absolute Gasteiger partial charge is 0.342 e. The van der Waals surface area contributed by atoms with Gasteiger partial charge in [-0.2, -0.15) is 3.97 Å². The van der Waals surface area contributed by atoms with Gasteiger partial charge in [0.1, 0.15) is 4.75 Å². The number of halogens is 1. The van der Waals surface area contributed by atoms with Gasteiger partial charge in [-0.1, -0.05) is 23.8 Å². The van der Waals surface area contributed by atoms with E-state index in [1.165, 1.54) is 6.92 Å². The third kappa shape index (κ3) is 3.35. The van der Waals surface area contributed by atoms with Gasteiger partial charge in [0.2, 0.25) is 0 Å². The maximum atomic E-state index is 12.9. The smallest absolute Gasteiger partial charge is 0.273 e. The molecule has 0 saturated heterocycles. The molecule has 1 aliphatic rings. The first-order valence-corrected chi connectivity index (χ1v) is 9.20. The van der Waals surface area contributed by atoms with Gasteiger partial charge in [0, 0.05) is 17.6 Å². The van der Waals surface area contributed by atoms with E-state index in [9.17, 15) is 18.0 Å². The van der Waals surface area contributed by atoms with Gasteiger partial charge in [0.25, 0.3) is 15.6 Å². The Hall–Kier alpha value is -1.60. The predicted octanol–water partition coefficient (Wildman–Crippen LogP) is 1.69. The molecule has 1 aromatic heterocycles. The molecule has 0 saturated carbocycles. The highest BCUT2D eigenvalue weighted by Crippen LogP contribution is 2.33. The van der Waals surface area contributed by atoms with Crippen LogP contribution in [0.1, 0.15) is 31.7 Å². The van der Waals surface area contributed by atoms with Gasteiger partial charge >= 0.3 is 5.69 Å². The monoisotopic (exact) mass is 358 g/mol. The summed E-state index contributed by atoms with van der Waals surface area (Å²) in [4.78, 5) is 25.4. The molecule has 0 fully saturated rings. The molecule has 1 N–H and O–H groups in total. The minimum absolute atomic E-state index is 0.162. The zero-order chi connectivity index (χ0) is 17.3. The summed E-state index contributed by atoms with van der Waals surface area (Å²) in [5.74, 6) is 0.503. The number of hydrogen-bond donors (Lipinski definition) is 1. The lowest BCUT2D eigenvalue weighted by atomic mass is 9.92. The molecular formula is C15H19ClN2O4S. The lowest BCUT2D eigenvalue weighted by molar-refractivity contribution is 0.542. The average molecular weight is 359 g/mol. The fourth-order valence-electron chi connectivity index (χ4n) is 2.55. The van der Waals surface area contributed by atoms with Crippen molar-refractivity contribution in [2.75, 3.05) is 5.88 Å². The number of alkyl halides is 1. The van der Waals surface area contributed by atoms with Crippen LogP contribution in [-0.4, -0.2) is 28.0 Å². The standard InChI is InChI=1S/C15H19ClN2O4S/c1-11-10-18(14(20)17-13(11)19)23(21,22)15(2)7-3-5-12(9-15)6-4-8-16/h3,5,7,10H,4,6,8-9H2,1-2H3,(H,17,19,20). The Balaban J connectivity index is 2.46. The SMILES string of the molecule is Cc1cn(S(=O)(=O)C2(C)C=CC=C(CCCCl)C2)c(=O)[nH]c1=O. The van der Waals surface area contributed by atoms with Crippen molar-refractivity contribution in [2.45, 2.75) is 37.9 Å². The van der Waals surface area contributed by atoms with Gasteiger partial charge in [-0.3, -0.25) is 9.78 Å². The topological polar surface area (TPSA) is 89.0 Å². The first-order chi connectivity index (χ1) is 10.7. The third-order valence-corrected chi connectivity index (χ3v) is 6.44. The number of aromatic nitrogens is 2. The van der Waals surface area contributed by atoms with Gasteiger partial charge in [-0.15, -0.1) is 11.6 Å². The van der Waals surface area contributed by atoms with E-state index >= 15 is 0 Å². The number of allylic oxidation sites excluding steroid dienone is 3. The summed E-state index contributed by atoms with van der Waals surface area (Å²) < 4.78 is 25.3. The summed E-state index contributed by atoms with van der Waals surface area (Å²) >= 11 is 5.69. The highest BCUT2D eigenvalue weighted by Gasteiger charge is 2.40. The molecule has 1 atom stereocenters. The van der Waals surface area contributed by atoms with Crippen LogP contribution in [0.15, 0.2) is 39.6 Å². The van der Waals surface area contributed by atoms with E-state index < -0.39 is 26.0 Å². The van der Waals surface area contributed by atoms with Crippen molar-refractivity contribution in [2.24, 2.45) is 0 Å². The zero-order valence-electron chi connectivity index (χ0n) is 13.0. The minimum atomic E-state index is -4.02. The molecule has 8 heteroatoms. The van der Waals surface area contributed by atoms with Crippen LogP contribution in [0.25, 0.3) is 0 Å². The number of aryl methyl sites for hydroxylation is 1. The van der Waals surface area contributed by atoms with Crippen LogP contribution in [0.2, 0.25) is 0 Å². The van der Waals surface area contributed by atoms with Crippen LogP contribution in [0.3, 0.4) is 0 Å². The lowest BCUT2D eigenvalue weighted by Crippen LogP contribution is -2.45. The lowest BCUT2D eigenvalue weighted by Gasteiger charge is -2.29. The number of hydrogen-bond acceptors (Lipinski definition) is 4. The van der Waals surface area contributed by atoms with Gasteiger partial charge in [0.15, 0.2) is 0 Å². The molecule has 0 spiro atoms. The normalized spacial score (nSPS) is 21.3. The van der Waals surface area contributed by atoms with Crippen LogP contribution in [-0.2, 0) is 10.0 Å². The van der Waals surface area contributed by atoms with Gasteiger partial charge < -0.3 is 0 Å². The second kappa shape index (κ2) is 6.49. The second-order valence-electron chi connectivity index (χ2n) is 5.84. The number of aromatic amines is 1. The van der Waals surface area contributed by atoms with Crippen molar-refractivity contribution in [1.29, 1.82) is 0 Å².